The standard InChI is InChI=1S/C8H7BrClF2N/c1-4-3-13-7(8(11)12)6(9)5(4)2-10/h3,8H,2H2,1H3. The molecule has 0 bridgehead atoms. The van der Waals surface area contributed by atoms with Crippen LogP contribution in [0.5, 0.6) is 0 Å². The van der Waals surface area contributed by atoms with Crippen molar-refractivity contribution in [1.29, 1.82) is 0 Å². The van der Waals surface area contributed by atoms with Gasteiger partial charge in [-0.1, -0.05) is 0 Å². The van der Waals surface area contributed by atoms with E-state index in [0.29, 0.717) is 10.0 Å². The van der Waals surface area contributed by atoms with E-state index in [4.69, 9.17) is 11.6 Å². The minimum atomic E-state index is -2.57. The molecule has 0 saturated heterocycles. The monoisotopic (exact) mass is 269 g/mol. The molecule has 0 saturated carbocycles. The van der Waals surface area contributed by atoms with Gasteiger partial charge in [-0.05, 0) is 34.0 Å². The number of hydrogen-bond donors (Lipinski definition) is 0. The number of rotatable bonds is 2. The minimum absolute atomic E-state index is 0.203. The van der Waals surface area contributed by atoms with Crippen molar-refractivity contribution in [2.45, 2.75) is 19.2 Å². The van der Waals surface area contributed by atoms with Crippen LogP contribution in [0, 0.1) is 6.92 Å². The number of aryl methyl sites for hydroxylation is 1. The zero-order valence-electron chi connectivity index (χ0n) is 6.82. The van der Waals surface area contributed by atoms with Gasteiger partial charge in [0.05, 0.1) is 0 Å². The van der Waals surface area contributed by atoms with Gasteiger partial charge in [0.1, 0.15) is 5.69 Å². The van der Waals surface area contributed by atoms with Crippen LogP contribution in [0.15, 0.2) is 10.7 Å². The minimum Gasteiger partial charge on any atom is -0.254 e. The van der Waals surface area contributed by atoms with Crippen LogP contribution < -0.4 is 0 Å². The van der Waals surface area contributed by atoms with Crippen molar-refractivity contribution in [3.05, 3.63) is 27.5 Å². The Morgan fingerprint density at radius 3 is 2.69 bits per heavy atom. The van der Waals surface area contributed by atoms with Crippen LogP contribution in [-0.4, -0.2) is 4.98 Å². The van der Waals surface area contributed by atoms with Crippen LogP contribution in [0.4, 0.5) is 8.78 Å². The smallest absolute Gasteiger partial charge is 0.254 e. The quantitative estimate of drug-likeness (QED) is 0.744. The molecule has 5 heteroatoms. The Bertz CT molecular complexity index is 317. The molecule has 0 unspecified atom stereocenters. The third-order valence-corrected chi connectivity index (χ3v) is 2.86. The Balaban J connectivity index is 3.27. The van der Waals surface area contributed by atoms with Gasteiger partial charge in [0.15, 0.2) is 0 Å². The van der Waals surface area contributed by atoms with Gasteiger partial charge in [-0.3, -0.25) is 4.98 Å². The van der Waals surface area contributed by atoms with Gasteiger partial charge in [-0.2, -0.15) is 0 Å². The fourth-order valence-corrected chi connectivity index (χ4v) is 2.18. The summed E-state index contributed by atoms with van der Waals surface area (Å²) in [5.74, 6) is 0.203. The molecule has 13 heavy (non-hydrogen) atoms. The zero-order valence-corrected chi connectivity index (χ0v) is 9.16. The molecule has 0 aliphatic carbocycles. The van der Waals surface area contributed by atoms with Crippen molar-refractivity contribution in [2.75, 3.05) is 0 Å². The maximum atomic E-state index is 12.3. The number of nitrogens with zero attached hydrogens (tertiary/aromatic N) is 1. The largest absolute Gasteiger partial charge is 0.281 e. The van der Waals surface area contributed by atoms with Gasteiger partial charge in [-0.15, -0.1) is 11.6 Å². The maximum Gasteiger partial charge on any atom is 0.281 e. The lowest BCUT2D eigenvalue weighted by Gasteiger charge is -2.08. The molecule has 0 atom stereocenters. The van der Waals surface area contributed by atoms with Crippen LogP contribution in [-0.2, 0) is 5.88 Å². The highest BCUT2D eigenvalue weighted by molar-refractivity contribution is 9.10. The fourth-order valence-electron chi connectivity index (χ4n) is 0.945. The van der Waals surface area contributed by atoms with E-state index in [1.54, 1.807) is 6.92 Å². The van der Waals surface area contributed by atoms with Gasteiger partial charge in [-0.25, -0.2) is 8.78 Å². The first kappa shape index (κ1) is 10.9. The fraction of sp³-hybridized carbons (Fsp3) is 0.375. The van der Waals surface area contributed by atoms with Crippen molar-refractivity contribution >= 4 is 27.5 Å². The Labute approximate surface area is 88.2 Å². The van der Waals surface area contributed by atoms with Gasteiger partial charge in [0, 0.05) is 16.5 Å². The summed E-state index contributed by atoms with van der Waals surface area (Å²) in [4.78, 5) is 3.63. The van der Waals surface area contributed by atoms with E-state index in [-0.39, 0.29) is 11.6 Å². The molecule has 1 aromatic heterocycles. The van der Waals surface area contributed by atoms with Crippen molar-refractivity contribution in [3.63, 3.8) is 0 Å². The molecule has 0 aliphatic rings. The summed E-state index contributed by atoms with van der Waals surface area (Å²) < 4.78 is 25.0. The van der Waals surface area contributed by atoms with E-state index in [9.17, 15) is 8.78 Å². The van der Waals surface area contributed by atoms with E-state index >= 15 is 0 Å². The normalized spacial score (nSPS) is 10.9. The second-order valence-corrected chi connectivity index (χ2v) is 3.61. The number of alkyl halides is 3. The Hall–Kier alpha value is -0.220. The van der Waals surface area contributed by atoms with Crippen LogP contribution in [0.25, 0.3) is 0 Å². The highest BCUT2D eigenvalue weighted by atomic mass is 79.9. The third-order valence-electron chi connectivity index (χ3n) is 1.70. The van der Waals surface area contributed by atoms with E-state index in [0.717, 1.165) is 5.56 Å². The highest BCUT2D eigenvalue weighted by Gasteiger charge is 2.16. The van der Waals surface area contributed by atoms with Crippen molar-refractivity contribution < 1.29 is 8.78 Å². The maximum absolute atomic E-state index is 12.3. The molecule has 0 aliphatic heterocycles. The molecule has 1 aromatic rings. The molecule has 0 amide bonds. The van der Waals surface area contributed by atoms with E-state index < -0.39 is 6.43 Å². The Kier molecular flexibility index (Phi) is 3.62. The van der Waals surface area contributed by atoms with Gasteiger partial charge in [0.2, 0.25) is 0 Å². The summed E-state index contributed by atoms with van der Waals surface area (Å²) in [7, 11) is 0. The molecule has 0 N–H and O–H groups in total. The summed E-state index contributed by atoms with van der Waals surface area (Å²) in [6.07, 6.45) is -1.17. The van der Waals surface area contributed by atoms with E-state index in [1.165, 1.54) is 6.20 Å². The van der Waals surface area contributed by atoms with Crippen LogP contribution >= 0.6 is 27.5 Å². The summed E-state index contributed by atoms with van der Waals surface area (Å²) in [6.45, 7) is 1.78. The first-order valence-electron chi connectivity index (χ1n) is 3.56. The summed E-state index contributed by atoms with van der Waals surface area (Å²) >= 11 is 8.68. The first-order valence-corrected chi connectivity index (χ1v) is 4.88. The van der Waals surface area contributed by atoms with Gasteiger partial charge < -0.3 is 0 Å². The van der Waals surface area contributed by atoms with Crippen molar-refractivity contribution in [3.8, 4) is 0 Å². The second-order valence-electron chi connectivity index (χ2n) is 2.55. The second kappa shape index (κ2) is 4.33. The molecule has 0 spiro atoms. The number of aromatic nitrogens is 1. The van der Waals surface area contributed by atoms with E-state index in [2.05, 4.69) is 20.9 Å². The van der Waals surface area contributed by atoms with E-state index in [1.807, 2.05) is 0 Å². The lowest BCUT2D eigenvalue weighted by atomic mass is 10.1. The van der Waals surface area contributed by atoms with Crippen molar-refractivity contribution in [1.82, 2.24) is 4.98 Å². The van der Waals surface area contributed by atoms with Gasteiger partial charge >= 0.3 is 0 Å². The average molecular weight is 271 g/mol. The Morgan fingerprint density at radius 2 is 2.23 bits per heavy atom. The van der Waals surface area contributed by atoms with Gasteiger partial charge in [0.25, 0.3) is 6.43 Å². The molecular weight excluding hydrogens is 263 g/mol. The van der Waals surface area contributed by atoms with Crippen LogP contribution in [0.1, 0.15) is 23.2 Å². The average Bonchev–Trinajstić information content (AvgIpc) is 2.04. The van der Waals surface area contributed by atoms with Crippen LogP contribution in [0.3, 0.4) is 0 Å². The number of pyridine rings is 1. The lowest BCUT2D eigenvalue weighted by molar-refractivity contribution is 0.145. The molecule has 1 rings (SSSR count). The number of hydrogen-bond acceptors (Lipinski definition) is 1. The first-order chi connectivity index (χ1) is 6.07. The molecule has 0 radical (unpaired) electrons. The molecule has 0 aromatic carbocycles. The number of halogens is 4. The summed E-state index contributed by atoms with van der Waals surface area (Å²) in [5.41, 5.74) is 1.24. The topological polar surface area (TPSA) is 12.9 Å². The zero-order chi connectivity index (χ0) is 10.0. The van der Waals surface area contributed by atoms with Crippen LogP contribution in [0.2, 0.25) is 0 Å². The Morgan fingerprint density at radius 1 is 1.62 bits per heavy atom. The molecule has 72 valence electrons. The summed E-state index contributed by atoms with van der Waals surface area (Å²) in [6, 6.07) is 0. The highest BCUT2D eigenvalue weighted by Crippen LogP contribution is 2.30. The molecular formula is C8H7BrClF2N. The predicted molar refractivity (Wildman–Crippen MR) is 51.2 cm³/mol. The van der Waals surface area contributed by atoms with Crippen molar-refractivity contribution in [2.24, 2.45) is 0 Å². The third kappa shape index (κ3) is 2.17. The predicted octanol–water partition coefficient (Wildman–Crippen LogP) is 3.83. The lowest BCUT2D eigenvalue weighted by Crippen LogP contribution is -1.98. The molecule has 1 nitrogen and oxygen atoms in total. The molecule has 0 fully saturated rings. The SMILES string of the molecule is Cc1cnc(C(F)F)c(Br)c1CCl. The molecule has 1 heterocycles. The summed E-state index contributed by atoms with van der Waals surface area (Å²) in [5, 5.41) is 0.